The fraction of sp³-hybridized carbons (Fsp3) is 0.774. The van der Waals surface area contributed by atoms with Crippen LogP contribution in [0.5, 0.6) is 0 Å². The zero-order valence-corrected chi connectivity index (χ0v) is 21.1. The van der Waals surface area contributed by atoms with E-state index in [9.17, 15) is 5.26 Å². The molecule has 0 bridgehead atoms. The molecule has 178 valence electrons. The van der Waals surface area contributed by atoms with Crippen molar-refractivity contribution < 1.29 is 0 Å². The molecule has 2 aliphatic rings. The van der Waals surface area contributed by atoms with Crippen LogP contribution in [0.3, 0.4) is 0 Å². The van der Waals surface area contributed by atoms with E-state index in [2.05, 4.69) is 25.1 Å². The minimum absolute atomic E-state index is 0.380. The van der Waals surface area contributed by atoms with Crippen LogP contribution in [-0.4, -0.2) is 0 Å². The number of hydrogen-bond acceptors (Lipinski definition) is 1. The number of nitriles is 1. The Balaban J connectivity index is 1.51. The first-order chi connectivity index (χ1) is 15.7. The summed E-state index contributed by atoms with van der Waals surface area (Å²) in [4.78, 5) is 0. The molecule has 3 rings (SSSR count). The molecule has 0 unspecified atom stereocenters. The maximum absolute atomic E-state index is 9.19. The Morgan fingerprint density at radius 1 is 0.656 bits per heavy atom. The van der Waals surface area contributed by atoms with E-state index in [1.807, 2.05) is 12.1 Å². The maximum Gasteiger partial charge on any atom is 0.0991 e. The highest BCUT2D eigenvalue weighted by Gasteiger charge is 2.34. The van der Waals surface area contributed by atoms with Crippen molar-refractivity contribution in [3.63, 3.8) is 0 Å². The lowest BCUT2D eigenvalue weighted by molar-refractivity contribution is 0.143. The summed E-state index contributed by atoms with van der Waals surface area (Å²) in [6.07, 6.45) is 30.0. The van der Waals surface area contributed by atoms with Crippen molar-refractivity contribution in [2.75, 3.05) is 0 Å². The molecule has 1 aromatic rings. The summed E-state index contributed by atoms with van der Waals surface area (Å²) in [5.74, 6) is 0. The second-order valence-corrected chi connectivity index (χ2v) is 11.3. The van der Waals surface area contributed by atoms with Crippen molar-refractivity contribution in [3.8, 4) is 6.07 Å². The van der Waals surface area contributed by atoms with Gasteiger partial charge in [-0.25, -0.2) is 0 Å². The number of benzene rings is 1. The zero-order chi connectivity index (χ0) is 22.5. The predicted molar refractivity (Wildman–Crippen MR) is 138 cm³/mol. The molecule has 0 aliphatic heterocycles. The topological polar surface area (TPSA) is 23.8 Å². The largest absolute Gasteiger partial charge is 0.192 e. The Morgan fingerprint density at radius 2 is 1.19 bits per heavy atom. The molecule has 1 heteroatoms. The Morgan fingerprint density at radius 3 is 1.81 bits per heavy atom. The van der Waals surface area contributed by atoms with Gasteiger partial charge in [-0.3, -0.25) is 0 Å². The normalized spacial score (nSPS) is 20.0. The highest BCUT2D eigenvalue weighted by molar-refractivity contribution is 5.35. The van der Waals surface area contributed by atoms with Crippen LogP contribution < -0.4 is 0 Å². The minimum Gasteiger partial charge on any atom is -0.192 e. The molecule has 0 heterocycles. The highest BCUT2D eigenvalue weighted by atomic mass is 14.4. The van der Waals surface area contributed by atoms with E-state index >= 15 is 0 Å². The molecule has 1 aromatic carbocycles. The van der Waals surface area contributed by atoms with Crippen molar-refractivity contribution in [1.82, 2.24) is 0 Å². The van der Waals surface area contributed by atoms with Crippen LogP contribution in [0.15, 0.2) is 24.3 Å². The van der Waals surface area contributed by atoms with Crippen LogP contribution in [-0.2, 0) is 5.41 Å². The summed E-state index contributed by atoms with van der Waals surface area (Å²) < 4.78 is 0. The van der Waals surface area contributed by atoms with E-state index in [1.54, 1.807) is 0 Å². The third-order valence-electron chi connectivity index (χ3n) is 9.02. The molecular weight excluding hydrogens is 386 g/mol. The summed E-state index contributed by atoms with van der Waals surface area (Å²) in [7, 11) is 0. The van der Waals surface area contributed by atoms with Gasteiger partial charge in [0.2, 0.25) is 0 Å². The van der Waals surface area contributed by atoms with E-state index < -0.39 is 0 Å². The summed E-state index contributed by atoms with van der Waals surface area (Å²) in [5, 5.41) is 9.19. The van der Waals surface area contributed by atoms with Gasteiger partial charge in [-0.05, 0) is 73.5 Å². The van der Waals surface area contributed by atoms with E-state index in [0.717, 1.165) is 5.56 Å². The first-order valence-electron chi connectivity index (χ1n) is 14.2. The molecule has 0 amide bonds. The van der Waals surface area contributed by atoms with Gasteiger partial charge in [0.25, 0.3) is 0 Å². The standard InChI is InChI=1S/C31H49N/c1-2-3-4-5-6-9-20-30(21-10-7-11-22-30)23-14-15-26-31(24-12-8-13-25-31)29-18-16-28(27-32)17-19-29/h16-19H,2-15,20-26H2,1H3. The molecule has 0 radical (unpaired) electrons. The molecule has 0 spiro atoms. The quantitative estimate of drug-likeness (QED) is 0.283. The lowest BCUT2D eigenvalue weighted by Gasteiger charge is -2.40. The molecular formula is C31H49N. The van der Waals surface area contributed by atoms with E-state index in [4.69, 9.17) is 0 Å². The van der Waals surface area contributed by atoms with E-state index in [-0.39, 0.29) is 0 Å². The van der Waals surface area contributed by atoms with Crippen LogP contribution in [0.4, 0.5) is 0 Å². The van der Waals surface area contributed by atoms with Gasteiger partial charge in [-0.15, -0.1) is 0 Å². The van der Waals surface area contributed by atoms with Crippen molar-refractivity contribution in [1.29, 1.82) is 5.26 Å². The van der Waals surface area contributed by atoms with Crippen LogP contribution in [0.25, 0.3) is 0 Å². The first-order valence-corrected chi connectivity index (χ1v) is 14.2. The molecule has 32 heavy (non-hydrogen) atoms. The third kappa shape index (κ3) is 7.37. The van der Waals surface area contributed by atoms with Gasteiger partial charge in [0.15, 0.2) is 0 Å². The van der Waals surface area contributed by atoms with Gasteiger partial charge >= 0.3 is 0 Å². The maximum atomic E-state index is 9.19. The molecule has 0 N–H and O–H groups in total. The average Bonchev–Trinajstić information content (AvgIpc) is 2.85. The van der Waals surface area contributed by atoms with E-state index in [0.29, 0.717) is 10.8 Å². The minimum atomic E-state index is 0.380. The molecule has 0 aromatic heterocycles. The van der Waals surface area contributed by atoms with Gasteiger partial charge in [0.05, 0.1) is 11.6 Å². The fourth-order valence-electron chi connectivity index (χ4n) is 6.98. The number of unbranched alkanes of at least 4 members (excludes halogenated alkanes) is 6. The summed E-state index contributed by atoms with van der Waals surface area (Å²) >= 11 is 0. The van der Waals surface area contributed by atoms with Gasteiger partial charge < -0.3 is 0 Å². The van der Waals surface area contributed by atoms with Crippen molar-refractivity contribution in [3.05, 3.63) is 35.4 Å². The summed E-state index contributed by atoms with van der Waals surface area (Å²) in [6, 6.07) is 10.9. The summed E-state index contributed by atoms with van der Waals surface area (Å²) in [6.45, 7) is 2.32. The van der Waals surface area contributed by atoms with Crippen LogP contribution in [0, 0.1) is 16.7 Å². The smallest absolute Gasteiger partial charge is 0.0991 e. The molecule has 2 fully saturated rings. The van der Waals surface area contributed by atoms with Gasteiger partial charge in [-0.2, -0.15) is 5.26 Å². The Hall–Kier alpha value is -1.29. The molecule has 0 saturated heterocycles. The van der Waals surface area contributed by atoms with Gasteiger partial charge in [-0.1, -0.05) is 109 Å². The molecule has 2 saturated carbocycles. The Bertz CT molecular complexity index is 667. The van der Waals surface area contributed by atoms with Crippen LogP contribution in [0.2, 0.25) is 0 Å². The number of rotatable bonds is 13. The Kier molecular flexibility index (Phi) is 10.6. The second kappa shape index (κ2) is 13.4. The predicted octanol–water partition coefficient (Wildman–Crippen LogP) is 10.0. The first kappa shape index (κ1) is 25.3. The number of nitrogens with zero attached hydrogens (tertiary/aromatic N) is 1. The Labute approximate surface area is 199 Å². The lowest BCUT2D eigenvalue weighted by atomic mass is 9.65. The van der Waals surface area contributed by atoms with Crippen molar-refractivity contribution >= 4 is 0 Å². The average molecular weight is 436 g/mol. The van der Waals surface area contributed by atoms with Crippen molar-refractivity contribution in [2.45, 2.75) is 147 Å². The second-order valence-electron chi connectivity index (χ2n) is 11.3. The SMILES string of the molecule is CCCCCCCCC1(CCCCC2(c3ccc(C#N)cc3)CCCCC2)CCCCC1. The van der Waals surface area contributed by atoms with Gasteiger partial charge in [0, 0.05) is 0 Å². The zero-order valence-electron chi connectivity index (χ0n) is 21.1. The third-order valence-corrected chi connectivity index (χ3v) is 9.02. The lowest BCUT2D eigenvalue weighted by Crippen LogP contribution is -2.29. The van der Waals surface area contributed by atoms with Gasteiger partial charge in [0.1, 0.15) is 0 Å². The molecule has 0 atom stereocenters. The highest BCUT2D eigenvalue weighted by Crippen LogP contribution is 2.47. The van der Waals surface area contributed by atoms with Crippen LogP contribution in [0.1, 0.15) is 153 Å². The van der Waals surface area contributed by atoms with Crippen molar-refractivity contribution in [2.24, 2.45) is 5.41 Å². The fourth-order valence-corrected chi connectivity index (χ4v) is 6.98. The summed E-state index contributed by atoms with van der Waals surface area (Å²) in [5.41, 5.74) is 3.37. The number of hydrogen-bond donors (Lipinski definition) is 0. The van der Waals surface area contributed by atoms with Crippen LogP contribution >= 0.6 is 0 Å². The molecule has 1 nitrogen and oxygen atoms in total. The monoisotopic (exact) mass is 435 g/mol. The molecule has 2 aliphatic carbocycles. The van der Waals surface area contributed by atoms with E-state index in [1.165, 1.54) is 140 Å².